The van der Waals surface area contributed by atoms with Gasteiger partial charge in [0.15, 0.2) is 0 Å². The summed E-state index contributed by atoms with van der Waals surface area (Å²) in [6.07, 6.45) is -4.36. The van der Waals surface area contributed by atoms with Crippen LogP contribution in [0.15, 0.2) is 0 Å². The molecule has 1 heterocycles. The molecule has 1 aromatic heterocycles. The molecule has 9 heteroatoms. The van der Waals surface area contributed by atoms with E-state index in [4.69, 9.17) is 10.5 Å². The predicted molar refractivity (Wildman–Crippen MR) is 52.4 cm³/mol. The van der Waals surface area contributed by atoms with Crippen molar-refractivity contribution in [2.24, 2.45) is 0 Å². The highest BCUT2D eigenvalue weighted by Gasteiger charge is 2.64. The molecule has 2 rings (SSSR count). The topological polar surface area (TPSA) is 86.0 Å². The number of alkyl halides is 3. The van der Waals surface area contributed by atoms with Gasteiger partial charge in [-0.15, -0.1) is 0 Å². The molecule has 0 radical (unpaired) electrons. The second-order valence-electron chi connectivity index (χ2n) is 3.71. The van der Waals surface area contributed by atoms with Gasteiger partial charge in [0.2, 0.25) is 11.9 Å². The Kier molecular flexibility index (Phi) is 2.48. The van der Waals surface area contributed by atoms with Crippen LogP contribution in [-0.2, 0) is 0 Å². The van der Waals surface area contributed by atoms with Crippen molar-refractivity contribution in [3.8, 4) is 6.01 Å². The van der Waals surface area contributed by atoms with E-state index in [-0.39, 0.29) is 30.7 Å². The van der Waals surface area contributed by atoms with E-state index in [2.05, 4.69) is 20.3 Å². The average Bonchev–Trinajstić information content (AvgIpc) is 2.97. The summed E-state index contributed by atoms with van der Waals surface area (Å²) in [6.45, 7) is 0. The van der Waals surface area contributed by atoms with Crippen LogP contribution in [0.3, 0.4) is 0 Å². The fourth-order valence-corrected chi connectivity index (χ4v) is 1.34. The van der Waals surface area contributed by atoms with Crippen molar-refractivity contribution in [3.63, 3.8) is 0 Å². The number of hydrogen-bond acceptors (Lipinski definition) is 6. The number of halogens is 3. The van der Waals surface area contributed by atoms with Gasteiger partial charge >= 0.3 is 12.2 Å². The Morgan fingerprint density at radius 1 is 1.29 bits per heavy atom. The molecule has 1 aliphatic carbocycles. The molecule has 1 aliphatic rings. The quantitative estimate of drug-likeness (QED) is 0.830. The van der Waals surface area contributed by atoms with Crippen molar-refractivity contribution in [2.75, 3.05) is 18.2 Å². The molecule has 0 aromatic carbocycles. The Morgan fingerprint density at radius 2 is 1.94 bits per heavy atom. The predicted octanol–water partition coefficient (Wildman–Crippen LogP) is 0.969. The summed E-state index contributed by atoms with van der Waals surface area (Å²) in [6, 6.07) is -0.127. The largest absolute Gasteiger partial charge is 0.467 e. The van der Waals surface area contributed by atoms with Gasteiger partial charge in [0.05, 0.1) is 7.11 Å². The molecule has 0 unspecified atom stereocenters. The van der Waals surface area contributed by atoms with E-state index in [1.807, 2.05) is 0 Å². The number of anilines is 2. The van der Waals surface area contributed by atoms with Crippen LogP contribution in [0.25, 0.3) is 0 Å². The summed E-state index contributed by atoms with van der Waals surface area (Å²) in [4.78, 5) is 10.8. The number of hydrogen-bond donors (Lipinski definition) is 2. The summed E-state index contributed by atoms with van der Waals surface area (Å²) in [5, 5.41) is 2.24. The van der Waals surface area contributed by atoms with E-state index in [1.54, 1.807) is 0 Å². The molecule has 1 saturated carbocycles. The van der Waals surface area contributed by atoms with Crippen molar-refractivity contribution in [1.82, 2.24) is 15.0 Å². The van der Waals surface area contributed by atoms with Crippen LogP contribution in [0.2, 0.25) is 0 Å². The van der Waals surface area contributed by atoms with Gasteiger partial charge in [-0.1, -0.05) is 0 Å². The maximum absolute atomic E-state index is 12.7. The van der Waals surface area contributed by atoms with E-state index in [0.29, 0.717) is 0 Å². The molecule has 0 bridgehead atoms. The van der Waals surface area contributed by atoms with Gasteiger partial charge in [-0.2, -0.15) is 28.1 Å². The van der Waals surface area contributed by atoms with Crippen LogP contribution in [0.4, 0.5) is 25.1 Å². The zero-order valence-corrected chi connectivity index (χ0v) is 8.88. The summed E-state index contributed by atoms with van der Waals surface area (Å²) < 4.78 is 42.7. The first-order chi connectivity index (χ1) is 7.86. The first-order valence-corrected chi connectivity index (χ1v) is 4.77. The summed E-state index contributed by atoms with van der Waals surface area (Å²) in [7, 11) is 1.29. The van der Waals surface area contributed by atoms with Gasteiger partial charge in [-0.05, 0) is 12.8 Å². The Labute approximate surface area is 94.4 Å². The van der Waals surface area contributed by atoms with Crippen LogP contribution in [0.5, 0.6) is 6.01 Å². The fourth-order valence-electron chi connectivity index (χ4n) is 1.34. The molecular formula is C8H10F3N5O. The Balaban J connectivity index is 2.22. The third-order valence-electron chi connectivity index (χ3n) is 2.46. The number of nitrogens with two attached hydrogens (primary N) is 1. The van der Waals surface area contributed by atoms with Crippen molar-refractivity contribution in [1.29, 1.82) is 0 Å². The van der Waals surface area contributed by atoms with E-state index in [0.717, 1.165) is 0 Å². The van der Waals surface area contributed by atoms with Gasteiger partial charge in [0, 0.05) is 0 Å². The van der Waals surface area contributed by atoms with Crippen LogP contribution < -0.4 is 15.8 Å². The third kappa shape index (κ3) is 2.17. The smallest absolute Gasteiger partial charge is 0.411 e. The minimum Gasteiger partial charge on any atom is -0.467 e. The molecular weight excluding hydrogens is 239 g/mol. The van der Waals surface area contributed by atoms with Crippen LogP contribution >= 0.6 is 0 Å². The lowest BCUT2D eigenvalue weighted by Gasteiger charge is -2.20. The zero-order valence-electron chi connectivity index (χ0n) is 8.88. The van der Waals surface area contributed by atoms with Crippen LogP contribution in [0.1, 0.15) is 12.8 Å². The molecule has 0 spiro atoms. The summed E-state index contributed by atoms with van der Waals surface area (Å²) in [5.74, 6) is -0.429. The molecule has 0 atom stereocenters. The number of methoxy groups -OCH3 is 1. The molecule has 0 aliphatic heterocycles. The summed E-state index contributed by atoms with van der Waals surface area (Å²) >= 11 is 0. The average molecular weight is 249 g/mol. The molecule has 3 N–H and O–H groups in total. The Bertz CT molecular complexity index is 432. The van der Waals surface area contributed by atoms with Crippen LogP contribution in [-0.4, -0.2) is 33.8 Å². The first-order valence-electron chi connectivity index (χ1n) is 4.77. The first kappa shape index (κ1) is 11.7. The highest BCUT2D eigenvalue weighted by Crippen LogP contribution is 2.50. The van der Waals surface area contributed by atoms with Gasteiger partial charge in [0.25, 0.3) is 0 Å². The molecule has 1 aromatic rings. The lowest BCUT2D eigenvalue weighted by molar-refractivity contribution is -0.151. The van der Waals surface area contributed by atoms with Gasteiger partial charge in [-0.3, -0.25) is 0 Å². The van der Waals surface area contributed by atoms with Gasteiger partial charge in [-0.25, -0.2) is 0 Å². The molecule has 94 valence electrons. The standard InChI is InChI=1S/C8H10F3N5O/c1-17-6-14-4(12)13-5(15-6)16-7(2-3-7)8(9,10)11/h2-3H2,1H3,(H3,12,13,14,15,16). The number of ether oxygens (including phenoxy) is 1. The Morgan fingerprint density at radius 3 is 2.41 bits per heavy atom. The van der Waals surface area contributed by atoms with Crippen molar-refractivity contribution in [3.05, 3.63) is 0 Å². The number of rotatable bonds is 3. The molecule has 17 heavy (non-hydrogen) atoms. The van der Waals surface area contributed by atoms with E-state index >= 15 is 0 Å². The van der Waals surface area contributed by atoms with E-state index in [9.17, 15) is 13.2 Å². The van der Waals surface area contributed by atoms with Gasteiger partial charge in [0.1, 0.15) is 5.54 Å². The SMILES string of the molecule is COc1nc(N)nc(NC2(C(F)(F)F)CC2)n1. The lowest BCUT2D eigenvalue weighted by Crippen LogP contribution is -2.39. The maximum Gasteiger partial charge on any atom is 0.411 e. The molecule has 0 saturated heterocycles. The minimum absolute atomic E-state index is 0.00952. The van der Waals surface area contributed by atoms with Crippen LogP contribution in [0, 0.1) is 0 Å². The number of nitrogens with one attached hydrogen (secondary N) is 1. The highest BCUT2D eigenvalue weighted by atomic mass is 19.4. The zero-order chi connectivity index (χ0) is 12.7. The summed E-state index contributed by atoms with van der Waals surface area (Å²) in [5.41, 5.74) is 3.38. The minimum atomic E-state index is -4.35. The molecule has 0 amide bonds. The number of aromatic nitrogens is 3. The van der Waals surface area contributed by atoms with E-state index in [1.165, 1.54) is 7.11 Å². The number of nitrogen functional groups attached to an aromatic ring is 1. The van der Waals surface area contributed by atoms with Crippen molar-refractivity contribution in [2.45, 2.75) is 24.6 Å². The second kappa shape index (κ2) is 3.60. The number of nitrogens with zero attached hydrogens (tertiary/aromatic N) is 3. The van der Waals surface area contributed by atoms with Crippen molar-refractivity contribution >= 4 is 11.9 Å². The monoisotopic (exact) mass is 249 g/mol. The maximum atomic E-state index is 12.7. The lowest BCUT2D eigenvalue weighted by atomic mass is 10.3. The fraction of sp³-hybridized carbons (Fsp3) is 0.625. The van der Waals surface area contributed by atoms with Gasteiger partial charge < -0.3 is 15.8 Å². The Hall–Kier alpha value is -1.80. The normalized spacial score (nSPS) is 17.6. The third-order valence-corrected chi connectivity index (χ3v) is 2.46. The van der Waals surface area contributed by atoms with E-state index < -0.39 is 11.7 Å². The second-order valence-corrected chi connectivity index (χ2v) is 3.71. The highest BCUT2D eigenvalue weighted by molar-refractivity contribution is 5.39. The van der Waals surface area contributed by atoms with Crippen molar-refractivity contribution < 1.29 is 17.9 Å². The molecule has 1 fully saturated rings. The molecule has 6 nitrogen and oxygen atoms in total.